The van der Waals surface area contributed by atoms with Crippen LogP contribution in [0.5, 0.6) is 5.75 Å². The van der Waals surface area contributed by atoms with E-state index in [9.17, 15) is 0 Å². The van der Waals surface area contributed by atoms with Gasteiger partial charge in [-0.25, -0.2) is 0 Å². The lowest BCUT2D eigenvalue weighted by atomic mass is 10.2. The fourth-order valence-electron chi connectivity index (χ4n) is 1.97. The molecule has 0 amide bonds. The number of para-hydroxylation sites is 1. The van der Waals surface area contributed by atoms with E-state index in [1.54, 1.807) is 6.20 Å². The predicted molar refractivity (Wildman–Crippen MR) is 75.0 cm³/mol. The summed E-state index contributed by atoms with van der Waals surface area (Å²) in [5, 5.41) is 4.27. The van der Waals surface area contributed by atoms with Gasteiger partial charge in [-0.3, -0.25) is 4.98 Å². The monoisotopic (exact) mass is 244 g/mol. The predicted octanol–water partition coefficient (Wildman–Crippen LogP) is 3.00. The lowest BCUT2D eigenvalue weighted by Gasteiger charge is -2.14. The lowest BCUT2D eigenvalue weighted by Crippen LogP contribution is -2.15. The Morgan fingerprint density at radius 1 is 1.33 bits per heavy atom. The van der Waals surface area contributed by atoms with E-state index >= 15 is 0 Å². The van der Waals surface area contributed by atoms with Crippen molar-refractivity contribution in [2.45, 2.75) is 25.9 Å². The topological polar surface area (TPSA) is 34.1 Å². The molecule has 0 spiro atoms. The van der Waals surface area contributed by atoms with Crippen molar-refractivity contribution in [2.75, 3.05) is 13.6 Å². The molecule has 1 N–H and O–H groups in total. The van der Waals surface area contributed by atoms with E-state index in [0.29, 0.717) is 0 Å². The van der Waals surface area contributed by atoms with Crippen LogP contribution in [0.25, 0.3) is 10.9 Å². The SMILES string of the molecule is CNCCCC(C)Oc1cnc2ccccc2c1. The van der Waals surface area contributed by atoms with E-state index < -0.39 is 0 Å². The maximum Gasteiger partial charge on any atom is 0.138 e. The Kier molecular flexibility index (Phi) is 4.53. The minimum absolute atomic E-state index is 0.223. The van der Waals surface area contributed by atoms with Crippen molar-refractivity contribution in [1.82, 2.24) is 10.3 Å². The Bertz CT molecular complexity index is 499. The zero-order chi connectivity index (χ0) is 12.8. The maximum absolute atomic E-state index is 5.88. The van der Waals surface area contributed by atoms with E-state index in [0.717, 1.165) is 36.0 Å². The molecule has 1 heterocycles. The van der Waals surface area contributed by atoms with Gasteiger partial charge in [0.25, 0.3) is 0 Å². The van der Waals surface area contributed by atoms with Gasteiger partial charge in [-0.2, -0.15) is 0 Å². The van der Waals surface area contributed by atoms with Crippen molar-refractivity contribution in [1.29, 1.82) is 0 Å². The number of nitrogens with zero attached hydrogens (tertiary/aromatic N) is 1. The van der Waals surface area contributed by atoms with Gasteiger partial charge >= 0.3 is 0 Å². The Hall–Kier alpha value is -1.61. The van der Waals surface area contributed by atoms with Gasteiger partial charge in [-0.1, -0.05) is 18.2 Å². The Balaban J connectivity index is 1.98. The molecule has 0 aliphatic heterocycles. The zero-order valence-corrected chi connectivity index (χ0v) is 11.0. The van der Waals surface area contributed by atoms with Gasteiger partial charge in [-0.15, -0.1) is 0 Å². The van der Waals surface area contributed by atoms with Crippen LogP contribution in [-0.2, 0) is 0 Å². The molecule has 96 valence electrons. The minimum atomic E-state index is 0.223. The molecule has 18 heavy (non-hydrogen) atoms. The van der Waals surface area contributed by atoms with Gasteiger partial charge in [0.05, 0.1) is 17.8 Å². The Morgan fingerprint density at radius 3 is 3.00 bits per heavy atom. The number of hydrogen-bond acceptors (Lipinski definition) is 3. The third kappa shape index (κ3) is 3.44. The molecule has 2 aromatic rings. The smallest absolute Gasteiger partial charge is 0.138 e. The molecule has 1 aromatic carbocycles. The average molecular weight is 244 g/mol. The molecule has 0 radical (unpaired) electrons. The molecule has 1 unspecified atom stereocenters. The van der Waals surface area contributed by atoms with Gasteiger partial charge in [0.15, 0.2) is 0 Å². The maximum atomic E-state index is 5.88. The van der Waals surface area contributed by atoms with Crippen molar-refractivity contribution in [2.24, 2.45) is 0 Å². The molecule has 0 fully saturated rings. The third-order valence-corrected chi connectivity index (χ3v) is 2.94. The largest absolute Gasteiger partial charge is 0.489 e. The van der Waals surface area contributed by atoms with Gasteiger partial charge in [0.2, 0.25) is 0 Å². The van der Waals surface area contributed by atoms with Gasteiger partial charge < -0.3 is 10.1 Å². The summed E-state index contributed by atoms with van der Waals surface area (Å²) in [4.78, 5) is 4.39. The van der Waals surface area contributed by atoms with Crippen LogP contribution >= 0.6 is 0 Å². The molecule has 0 saturated heterocycles. The highest BCUT2D eigenvalue weighted by molar-refractivity contribution is 5.79. The zero-order valence-electron chi connectivity index (χ0n) is 11.0. The molecule has 3 nitrogen and oxygen atoms in total. The summed E-state index contributed by atoms with van der Waals surface area (Å²) in [7, 11) is 1.97. The molecule has 3 heteroatoms. The molecular formula is C15H20N2O. The number of rotatable bonds is 6. The number of pyridine rings is 1. The third-order valence-electron chi connectivity index (χ3n) is 2.94. The second kappa shape index (κ2) is 6.36. The second-order valence-electron chi connectivity index (χ2n) is 4.54. The molecule has 1 aromatic heterocycles. The molecule has 0 aliphatic carbocycles. The first-order valence-electron chi connectivity index (χ1n) is 6.45. The van der Waals surface area contributed by atoms with Crippen LogP contribution in [0.2, 0.25) is 0 Å². The number of aromatic nitrogens is 1. The van der Waals surface area contributed by atoms with E-state index in [1.165, 1.54) is 0 Å². The van der Waals surface area contributed by atoms with Crippen LogP contribution in [0.1, 0.15) is 19.8 Å². The number of fused-ring (bicyclic) bond motifs is 1. The van der Waals surface area contributed by atoms with Crippen LogP contribution in [0.4, 0.5) is 0 Å². The van der Waals surface area contributed by atoms with Gasteiger partial charge in [-0.05, 0) is 45.5 Å². The van der Waals surface area contributed by atoms with Crippen molar-refractivity contribution in [3.05, 3.63) is 36.5 Å². The van der Waals surface area contributed by atoms with Crippen LogP contribution in [-0.4, -0.2) is 24.7 Å². The highest BCUT2D eigenvalue weighted by Crippen LogP contribution is 2.19. The number of hydrogen-bond donors (Lipinski definition) is 1. The summed E-state index contributed by atoms with van der Waals surface area (Å²) < 4.78 is 5.88. The van der Waals surface area contributed by atoms with Crippen LogP contribution in [0, 0.1) is 0 Å². The summed E-state index contributed by atoms with van der Waals surface area (Å²) >= 11 is 0. The fourth-order valence-corrected chi connectivity index (χ4v) is 1.97. The fraction of sp³-hybridized carbons (Fsp3) is 0.400. The summed E-state index contributed by atoms with van der Waals surface area (Å²) in [6.45, 7) is 3.13. The summed E-state index contributed by atoms with van der Waals surface area (Å²) in [5.41, 5.74) is 1.01. The van der Waals surface area contributed by atoms with Crippen LogP contribution < -0.4 is 10.1 Å². The average Bonchev–Trinajstić information content (AvgIpc) is 2.39. The molecule has 0 aliphatic rings. The highest BCUT2D eigenvalue weighted by Gasteiger charge is 2.04. The summed E-state index contributed by atoms with van der Waals surface area (Å²) in [5.74, 6) is 0.852. The molecule has 1 atom stereocenters. The molecule has 0 saturated carbocycles. The Labute approximate surface area is 108 Å². The number of nitrogens with one attached hydrogen (secondary N) is 1. The van der Waals surface area contributed by atoms with Crippen LogP contribution in [0.15, 0.2) is 36.5 Å². The van der Waals surface area contributed by atoms with Crippen molar-refractivity contribution >= 4 is 10.9 Å². The Morgan fingerprint density at radius 2 is 2.17 bits per heavy atom. The van der Waals surface area contributed by atoms with E-state index in [1.807, 2.05) is 25.2 Å². The normalized spacial score (nSPS) is 12.6. The molecule has 2 rings (SSSR count). The van der Waals surface area contributed by atoms with Crippen molar-refractivity contribution < 1.29 is 4.74 Å². The van der Waals surface area contributed by atoms with Gasteiger partial charge in [0, 0.05) is 5.39 Å². The quantitative estimate of drug-likeness (QED) is 0.793. The molecule has 0 bridgehead atoms. The summed E-state index contributed by atoms with van der Waals surface area (Å²) in [6, 6.07) is 10.1. The minimum Gasteiger partial charge on any atom is -0.489 e. The molecular weight excluding hydrogens is 224 g/mol. The summed E-state index contributed by atoms with van der Waals surface area (Å²) in [6.07, 6.45) is 4.20. The first-order valence-corrected chi connectivity index (χ1v) is 6.45. The van der Waals surface area contributed by atoms with E-state index in [2.05, 4.69) is 29.4 Å². The lowest BCUT2D eigenvalue weighted by molar-refractivity contribution is 0.207. The van der Waals surface area contributed by atoms with Crippen LogP contribution in [0.3, 0.4) is 0 Å². The highest BCUT2D eigenvalue weighted by atomic mass is 16.5. The van der Waals surface area contributed by atoms with Crippen molar-refractivity contribution in [3.63, 3.8) is 0 Å². The number of ether oxygens (including phenoxy) is 1. The first kappa shape index (κ1) is 12.8. The van der Waals surface area contributed by atoms with Gasteiger partial charge in [0.1, 0.15) is 5.75 Å². The van der Waals surface area contributed by atoms with E-state index in [4.69, 9.17) is 4.74 Å². The second-order valence-corrected chi connectivity index (χ2v) is 4.54. The van der Waals surface area contributed by atoms with E-state index in [-0.39, 0.29) is 6.10 Å². The standard InChI is InChI=1S/C15H20N2O/c1-12(6-5-9-16-2)18-14-10-13-7-3-4-8-15(13)17-11-14/h3-4,7-8,10-12,16H,5-6,9H2,1-2H3. The number of benzene rings is 1. The van der Waals surface area contributed by atoms with Crippen molar-refractivity contribution in [3.8, 4) is 5.75 Å². The first-order chi connectivity index (χ1) is 8.79.